The number of carbonyl (C=O) groups is 1. The highest BCUT2D eigenvalue weighted by Gasteiger charge is 2.22. The van der Waals surface area contributed by atoms with Gasteiger partial charge in [0.25, 0.3) is 0 Å². The van der Waals surface area contributed by atoms with Gasteiger partial charge in [-0.25, -0.2) is 0 Å². The molecule has 0 aliphatic carbocycles. The molecule has 1 saturated heterocycles. The van der Waals surface area contributed by atoms with Gasteiger partial charge in [0.15, 0.2) is 0 Å². The first-order valence-electron chi connectivity index (χ1n) is 12.7. The highest BCUT2D eigenvalue weighted by molar-refractivity contribution is 5.76. The number of nitrogens with one attached hydrogen (secondary N) is 2. The van der Waals surface area contributed by atoms with E-state index >= 15 is 0 Å². The van der Waals surface area contributed by atoms with Crippen molar-refractivity contribution in [3.63, 3.8) is 0 Å². The molecule has 0 aromatic carbocycles. The van der Waals surface area contributed by atoms with Crippen molar-refractivity contribution >= 4 is 5.91 Å². The van der Waals surface area contributed by atoms with E-state index in [0.717, 1.165) is 39.0 Å². The van der Waals surface area contributed by atoms with Crippen molar-refractivity contribution in [3.8, 4) is 0 Å². The monoisotopic (exact) mass is 407 g/mol. The summed E-state index contributed by atoms with van der Waals surface area (Å²) >= 11 is 0. The summed E-state index contributed by atoms with van der Waals surface area (Å²) in [6.45, 7) is 8.48. The van der Waals surface area contributed by atoms with Crippen LogP contribution in [0.1, 0.15) is 110 Å². The van der Waals surface area contributed by atoms with E-state index in [1.54, 1.807) is 0 Å². The molecule has 0 aromatic rings. The van der Waals surface area contributed by atoms with Crippen LogP contribution in [0.25, 0.3) is 0 Å². The van der Waals surface area contributed by atoms with Gasteiger partial charge < -0.3 is 10.6 Å². The third kappa shape index (κ3) is 14.7. The summed E-state index contributed by atoms with van der Waals surface area (Å²) in [6, 6.07) is 0. The third-order valence-electron chi connectivity index (χ3n) is 5.86. The fraction of sp³-hybridized carbons (Fsp3) is 0.880. The zero-order valence-corrected chi connectivity index (χ0v) is 19.5. The maximum absolute atomic E-state index is 12.2. The lowest BCUT2D eigenvalue weighted by Crippen LogP contribution is -2.59. The summed E-state index contributed by atoms with van der Waals surface area (Å²) in [5.74, 6) is 0.220. The van der Waals surface area contributed by atoms with Gasteiger partial charge in [-0.05, 0) is 45.1 Å². The van der Waals surface area contributed by atoms with Crippen LogP contribution in [0.3, 0.4) is 0 Å². The minimum absolute atomic E-state index is 0.180. The van der Waals surface area contributed by atoms with Crippen molar-refractivity contribution < 1.29 is 4.79 Å². The van der Waals surface area contributed by atoms with Crippen LogP contribution in [0.2, 0.25) is 0 Å². The summed E-state index contributed by atoms with van der Waals surface area (Å²) in [4.78, 5) is 14.6. The van der Waals surface area contributed by atoms with Gasteiger partial charge >= 0.3 is 0 Å². The first kappa shape index (κ1) is 26.2. The highest BCUT2D eigenvalue weighted by atomic mass is 16.1. The van der Waals surface area contributed by atoms with Crippen molar-refractivity contribution in [2.24, 2.45) is 0 Å². The molecule has 4 heteroatoms. The Morgan fingerprint density at radius 2 is 1.52 bits per heavy atom. The summed E-state index contributed by atoms with van der Waals surface area (Å²) < 4.78 is 0. The van der Waals surface area contributed by atoms with E-state index in [4.69, 9.17) is 0 Å². The molecule has 0 spiro atoms. The lowest BCUT2D eigenvalue weighted by molar-refractivity contribution is -0.123. The number of piperazine rings is 1. The summed E-state index contributed by atoms with van der Waals surface area (Å²) in [5, 5.41) is 6.61. The maximum atomic E-state index is 12.2. The Morgan fingerprint density at radius 1 is 0.897 bits per heavy atom. The van der Waals surface area contributed by atoms with Crippen molar-refractivity contribution in [3.05, 3.63) is 12.2 Å². The Bertz CT molecular complexity index is 409. The van der Waals surface area contributed by atoms with Gasteiger partial charge in [-0.2, -0.15) is 0 Å². The van der Waals surface area contributed by atoms with Crippen LogP contribution in [0, 0.1) is 0 Å². The van der Waals surface area contributed by atoms with E-state index in [2.05, 4.69) is 41.5 Å². The zero-order valence-electron chi connectivity index (χ0n) is 19.5. The molecule has 1 amide bonds. The Morgan fingerprint density at radius 3 is 2.17 bits per heavy atom. The number of unbranched alkanes of at least 4 members (excludes halogenated alkanes) is 11. The molecule has 0 aromatic heterocycles. The largest absolute Gasteiger partial charge is 0.339 e. The van der Waals surface area contributed by atoms with Crippen LogP contribution in [-0.2, 0) is 4.79 Å². The molecule has 0 saturated carbocycles. The molecule has 1 fully saturated rings. The van der Waals surface area contributed by atoms with Crippen LogP contribution < -0.4 is 10.6 Å². The molecule has 1 aliphatic heterocycles. The number of hydrogen-bond donors (Lipinski definition) is 2. The van der Waals surface area contributed by atoms with E-state index in [9.17, 15) is 4.79 Å². The van der Waals surface area contributed by atoms with Crippen LogP contribution in [-0.4, -0.2) is 43.2 Å². The number of amides is 1. The smallest absolute Gasteiger partial charge is 0.221 e. The molecule has 4 nitrogen and oxygen atoms in total. The average Bonchev–Trinajstić information content (AvgIpc) is 2.72. The van der Waals surface area contributed by atoms with Gasteiger partial charge in [0.2, 0.25) is 5.91 Å². The fourth-order valence-corrected chi connectivity index (χ4v) is 4.06. The van der Waals surface area contributed by atoms with Crippen LogP contribution in [0.15, 0.2) is 12.2 Å². The number of rotatable bonds is 18. The molecular formula is C25H49N3O. The first-order chi connectivity index (χ1) is 14.3. The Kier molecular flexibility index (Phi) is 17.2. The maximum Gasteiger partial charge on any atom is 0.221 e. The molecule has 0 bridgehead atoms. The fourth-order valence-electron chi connectivity index (χ4n) is 4.06. The molecule has 1 atom stereocenters. The molecule has 1 heterocycles. The molecule has 170 valence electrons. The normalized spacial score (nSPS) is 17.8. The lowest BCUT2D eigenvalue weighted by Gasteiger charge is -2.36. The molecule has 1 aliphatic rings. The Hall–Kier alpha value is -0.870. The van der Waals surface area contributed by atoms with E-state index in [0.29, 0.717) is 6.42 Å². The molecule has 1 unspecified atom stereocenters. The predicted octanol–water partition coefficient (Wildman–Crippen LogP) is 5.78. The minimum Gasteiger partial charge on any atom is -0.339 e. The minimum atomic E-state index is 0.180. The topological polar surface area (TPSA) is 44.4 Å². The highest BCUT2D eigenvalue weighted by Crippen LogP contribution is 2.10. The molecule has 2 N–H and O–H groups in total. The number of carbonyl (C=O) groups excluding carboxylic acids is 1. The van der Waals surface area contributed by atoms with Crippen LogP contribution in [0.5, 0.6) is 0 Å². The van der Waals surface area contributed by atoms with Gasteiger partial charge in [-0.15, -0.1) is 0 Å². The Labute approximate surface area is 181 Å². The van der Waals surface area contributed by atoms with Crippen molar-refractivity contribution in [1.82, 2.24) is 15.5 Å². The van der Waals surface area contributed by atoms with Crippen LogP contribution in [0.4, 0.5) is 0 Å². The van der Waals surface area contributed by atoms with Gasteiger partial charge in [-0.1, -0.05) is 77.4 Å². The number of allylic oxidation sites excluding steroid dienone is 2. The summed E-state index contributed by atoms with van der Waals surface area (Å²) in [7, 11) is 0. The second-order valence-corrected chi connectivity index (χ2v) is 8.66. The van der Waals surface area contributed by atoms with Gasteiger partial charge in [0, 0.05) is 26.1 Å². The van der Waals surface area contributed by atoms with Crippen molar-refractivity contribution in [2.75, 3.05) is 26.2 Å². The van der Waals surface area contributed by atoms with E-state index in [1.807, 2.05) is 0 Å². The third-order valence-corrected chi connectivity index (χ3v) is 5.86. The number of hydrogen-bond acceptors (Lipinski definition) is 3. The number of nitrogens with zero attached hydrogens (tertiary/aromatic N) is 1. The second-order valence-electron chi connectivity index (χ2n) is 8.66. The van der Waals surface area contributed by atoms with Gasteiger partial charge in [0.1, 0.15) is 0 Å². The van der Waals surface area contributed by atoms with Crippen molar-refractivity contribution in [2.45, 2.75) is 116 Å². The zero-order chi connectivity index (χ0) is 21.0. The van der Waals surface area contributed by atoms with E-state index in [-0.39, 0.29) is 12.1 Å². The molecule has 1 rings (SSSR count). The van der Waals surface area contributed by atoms with E-state index in [1.165, 1.54) is 77.0 Å². The Balaban J connectivity index is 1.90. The van der Waals surface area contributed by atoms with Crippen LogP contribution >= 0.6 is 0 Å². The van der Waals surface area contributed by atoms with Gasteiger partial charge in [0.05, 0.1) is 6.17 Å². The molecular weight excluding hydrogens is 358 g/mol. The molecule has 29 heavy (non-hydrogen) atoms. The average molecular weight is 408 g/mol. The predicted molar refractivity (Wildman–Crippen MR) is 126 cm³/mol. The SMILES string of the molecule is CCCCCCCCC=CCCCCCCCC(=O)NC1CNCCN1CCC. The summed E-state index contributed by atoms with van der Waals surface area (Å²) in [6.07, 6.45) is 23.6. The first-order valence-corrected chi connectivity index (χ1v) is 12.7. The molecule has 0 radical (unpaired) electrons. The van der Waals surface area contributed by atoms with Crippen molar-refractivity contribution in [1.29, 1.82) is 0 Å². The summed E-state index contributed by atoms with van der Waals surface area (Å²) in [5.41, 5.74) is 0. The quantitative estimate of drug-likeness (QED) is 0.223. The van der Waals surface area contributed by atoms with Gasteiger partial charge in [-0.3, -0.25) is 9.69 Å². The van der Waals surface area contributed by atoms with E-state index < -0.39 is 0 Å². The standard InChI is InChI=1S/C25H49N3O/c1-3-5-6-7-8-9-10-11-12-13-14-15-16-17-18-19-25(29)27-24-23-26-20-22-28(24)21-4-2/h11-12,24,26H,3-10,13-23H2,1-2H3,(H,27,29). The lowest BCUT2D eigenvalue weighted by atomic mass is 10.1. The second kappa shape index (κ2) is 19.1.